The van der Waals surface area contributed by atoms with Gasteiger partial charge in [0.1, 0.15) is 0 Å². The Hall–Kier alpha value is -5.04. The molecular weight excluding hydrogens is 1350 g/mol. The maximum absolute atomic E-state index is 11.7. The van der Waals surface area contributed by atoms with E-state index in [2.05, 4.69) is 230 Å². The van der Waals surface area contributed by atoms with E-state index in [1.807, 2.05) is 89.4 Å². The Bertz CT molecular complexity index is 4270. The number of rotatable bonds is 6. The third-order valence-corrected chi connectivity index (χ3v) is 23.0. The van der Waals surface area contributed by atoms with E-state index in [0.717, 1.165) is 36.9 Å². The van der Waals surface area contributed by atoms with Crippen molar-refractivity contribution in [3.05, 3.63) is 191 Å². The van der Waals surface area contributed by atoms with Crippen molar-refractivity contribution < 1.29 is 58.3 Å². The summed E-state index contributed by atoms with van der Waals surface area (Å²) in [5, 5.41) is 5.35. The average molecular weight is 1420 g/mol. The second kappa shape index (κ2) is 26.8. The molecule has 5 heterocycles. The number of alkyl halides is 3. The van der Waals surface area contributed by atoms with Gasteiger partial charge in [-0.2, -0.15) is 21.6 Å². The average Bonchev–Trinajstić information content (AvgIpc) is 1.78. The minimum atomic E-state index is -5.84. The van der Waals surface area contributed by atoms with E-state index in [4.69, 9.17) is 40.9 Å². The third-order valence-electron chi connectivity index (χ3n) is 17.1. The second-order valence-corrected chi connectivity index (χ2v) is 31.5. The number of thiophene rings is 2. The molecule has 90 heavy (non-hydrogen) atoms. The van der Waals surface area contributed by atoms with Crippen LogP contribution in [0.3, 0.4) is 0 Å². The summed E-state index contributed by atoms with van der Waals surface area (Å²) in [5.74, 6) is 0. The summed E-state index contributed by atoms with van der Waals surface area (Å²) in [6.07, 6.45) is 1.70. The Morgan fingerprint density at radius 3 is 1.22 bits per heavy atom. The molecule has 0 amide bonds. The van der Waals surface area contributed by atoms with E-state index >= 15 is 0 Å². The summed E-state index contributed by atoms with van der Waals surface area (Å²) in [7, 11) is -7.94. The van der Waals surface area contributed by atoms with Gasteiger partial charge in [0.25, 0.3) is 0 Å². The van der Waals surface area contributed by atoms with Crippen LogP contribution in [-0.2, 0) is 48.8 Å². The van der Waals surface area contributed by atoms with Crippen molar-refractivity contribution in [3.8, 4) is 22.3 Å². The predicted octanol–water partition coefficient (Wildman–Crippen LogP) is 17.4. The molecule has 0 saturated carbocycles. The fourth-order valence-electron chi connectivity index (χ4n) is 9.98. The van der Waals surface area contributed by atoms with Crippen molar-refractivity contribution in [2.45, 2.75) is 127 Å². The molecule has 2 aromatic heterocycles. The first kappa shape index (κ1) is 69.3. The molecule has 3 aliphatic heterocycles. The number of benzene rings is 8. The Morgan fingerprint density at radius 2 is 0.767 bits per heavy atom. The number of hydrogen-bond acceptors (Lipinski definition) is 11. The van der Waals surface area contributed by atoms with Gasteiger partial charge < -0.3 is 27.9 Å². The van der Waals surface area contributed by atoms with Crippen molar-refractivity contribution >= 4 is 154 Å². The number of hydrogen-bond donors (Lipinski definition) is 1. The molecule has 8 aromatic carbocycles. The quantitative estimate of drug-likeness (QED) is 0.0977. The van der Waals surface area contributed by atoms with Crippen LogP contribution in [0, 0.1) is 0 Å². The van der Waals surface area contributed by atoms with Crippen LogP contribution in [0.1, 0.15) is 83.1 Å². The normalized spacial score (nSPS) is 18.0. The van der Waals surface area contributed by atoms with Gasteiger partial charge in [-0.15, -0.1) is 22.7 Å². The highest BCUT2D eigenvalue weighted by atomic mass is 79.9. The van der Waals surface area contributed by atoms with E-state index in [9.17, 15) is 17.4 Å². The van der Waals surface area contributed by atoms with Gasteiger partial charge in [0.15, 0.2) is 0 Å². The van der Waals surface area contributed by atoms with Crippen LogP contribution in [-0.4, -0.2) is 83.9 Å². The van der Waals surface area contributed by atoms with Crippen molar-refractivity contribution in [2.24, 2.45) is 0 Å². The van der Waals surface area contributed by atoms with Gasteiger partial charge in [-0.05, 0) is 178 Å². The molecule has 10 nitrogen and oxygen atoms in total. The lowest BCUT2D eigenvalue weighted by Crippen LogP contribution is -2.41. The van der Waals surface area contributed by atoms with Gasteiger partial charge in [0, 0.05) is 55.5 Å². The van der Waals surface area contributed by atoms with E-state index in [-0.39, 0.29) is 55.0 Å². The molecule has 10 aromatic rings. The fraction of sp³-hybridized carbons (Fsp3) is 0.294. The van der Waals surface area contributed by atoms with Crippen LogP contribution in [0.4, 0.5) is 13.2 Å². The van der Waals surface area contributed by atoms with E-state index < -0.39 is 26.4 Å². The van der Waals surface area contributed by atoms with Gasteiger partial charge in [-0.3, -0.25) is 8.76 Å². The van der Waals surface area contributed by atoms with Crippen molar-refractivity contribution in [1.29, 1.82) is 0 Å². The first-order valence-corrected chi connectivity index (χ1v) is 35.2. The highest BCUT2D eigenvalue weighted by Gasteiger charge is 2.55. The van der Waals surface area contributed by atoms with Crippen molar-refractivity contribution in [1.82, 2.24) is 0 Å². The van der Waals surface area contributed by atoms with Gasteiger partial charge in [-0.25, -0.2) is 0 Å². The summed E-state index contributed by atoms with van der Waals surface area (Å²) < 4.78 is 114. The van der Waals surface area contributed by atoms with Gasteiger partial charge in [-0.1, -0.05) is 158 Å². The van der Waals surface area contributed by atoms with E-state index in [0.29, 0.717) is 0 Å². The summed E-state index contributed by atoms with van der Waals surface area (Å²) in [5.41, 5.74) is 0.0133. The maximum Gasteiger partial charge on any atom is 0.522 e. The van der Waals surface area contributed by atoms with Crippen LogP contribution in [0.15, 0.2) is 196 Å². The molecule has 0 radical (unpaired) electrons. The highest BCUT2D eigenvalue weighted by Crippen LogP contribution is 2.43. The van der Waals surface area contributed by atoms with Crippen LogP contribution in [0.2, 0.25) is 0 Å². The third kappa shape index (κ3) is 15.0. The molecule has 3 aliphatic rings. The number of fused-ring (bicyclic) bond motifs is 6. The van der Waals surface area contributed by atoms with Gasteiger partial charge >= 0.3 is 37.0 Å². The number of halogens is 5. The lowest BCUT2D eigenvalue weighted by Gasteiger charge is -2.32. The Kier molecular flexibility index (Phi) is 20.6. The zero-order valence-electron chi connectivity index (χ0n) is 52.2. The smallest absolute Gasteiger partial charge is 0.399 e. The van der Waals surface area contributed by atoms with Crippen LogP contribution < -0.4 is 16.4 Å². The highest BCUT2D eigenvalue weighted by molar-refractivity contribution is 9.11. The second-order valence-electron chi connectivity index (χ2n) is 24.9. The standard InChI is InChI=1S/C24H23BO2S.C18H28B2O4.C13H11BrOS.C12H7BrS.CHF3O3S/c1-23(2)24(3,4)27-25(26-23)17-10-7-9-16(15-17)18-12-8-13-20-19-11-5-6-14-21(19)28-22(18)20;1-15(2)16(3,4)22-19(21-15)13-10-9-11-14(12-13)20-23-17(5,6)18(7,8)24-20;1-16(15)13-11(8-5-9-12(13)14)10-6-3-2-4-7-10;13-10-6-3-5-9-8-4-1-2-7-11(8)14-12(9)10;2-1(3,4)8(5,6)7/h5-15H,1-4H3;9-12H,1-8H3;2-9H,1H3;1-7H;(H,5,6,7). The minimum absolute atomic E-state index is 0.334. The molecule has 0 spiro atoms. The molecule has 470 valence electrons. The van der Waals surface area contributed by atoms with Crippen LogP contribution in [0.5, 0.6) is 0 Å². The Balaban J connectivity index is 0.000000141. The molecule has 1 N–H and O–H groups in total. The Labute approximate surface area is 554 Å². The summed E-state index contributed by atoms with van der Waals surface area (Å²) in [6.45, 7) is 24.9. The van der Waals surface area contributed by atoms with Crippen LogP contribution in [0.25, 0.3) is 62.6 Å². The monoisotopic (exact) mass is 1420 g/mol. The first-order valence-electron chi connectivity index (χ1n) is 29.0. The summed E-state index contributed by atoms with van der Waals surface area (Å²) in [4.78, 5) is 0.855. The van der Waals surface area contributed by atoms with Gasteiger partial charge in [0.2, 0.25) is 0 Å². The molecule has 0 bridgehead atoms. The van der Waals surface area contributed by atoms with Crippen molar-refractivity contribution in [3.63, 3.8) is 0 Å². The lowest BCUT2D eigenvalue weighted by atomic mass is 9.72. The first-order chi connectivity index (χ1) is 42.0. The lowest BCUT2D eigenvalue weighted by molar-refractivity contribution is -0.0510. The van der Waals surface area contributed by atoms with Crippen molar-refractivity contribution in [2.75, 3.05) is 6.26 Å². The molecular formula is C68H70B3Br2F3O10S4. The molecule has 0 aliphatic carbocycles. The van der Waals surface area contributed by atoms with E-state index in [1.54, 1.807) is 6.26 Å². The topological polar surface area (TPSA) is 127 Å². The zero-order chi connectivity index (χ0) is 65.6. The molecule has 13 rings (SSSR count). The maximum atomic E-state index is 11.7. The molecule has 1 atom stereocenters. The SMILES string of the molecule is Brc1cccc2c1sc1ccccc12.CC1(C)OB(c2cccc(-c3cccc4c3sc3ccccc34)c2)OC1(C)C.CC1(C)OB(c2cccc(B3OC(C)(C)C(C)(C)O3)c2)OC1(C)C.CS(=O)c1c(Br)cccc1-c1ccccc1.O=S(=O)(O)C(F)(F)F. The summed E-state index contributed by atoms with van der Waals surface area (Å²) in [6, 6.07) is 62.7. The largest absolute Gasteiger partial charge is 0.522 e. The zero-order valence-corrected chi connectivity index (χ0v) is 58.6. The van der Waals surface area contributed by atoms with Gasteiger partial charge in [0.05, 0.1) is 49.3 Å². The minimum Gasteiger partial charge on any atom is -0.399 e. The predicted molar refractivity (Wildman–Crippen MR) is 375 cm³/mol. The van der Waals surface area contributed by atoms with Crippen LogP contribution >= 0.6 is 54.5 Å². The van der Waals surface area contributed by atoms with E-state index in [1.165, 1.54) is 55.9 Å². The molecule has 22 heteroatoms. The Morgan fingerprint density at radius 1 is 0.433 bits per heavy atom. The molecule has 1 unspecified atom stereocenters. The fourth-order valence-corrected chi connectivity index (χ4v) is 14.8. The summed E-state index contributed by atoms with van der Waals surface area (Å²) >= 11 is 10.7. The molecule has 3 fully saturated rings. The molecule has 3 saturated heterocycles.